The lowest BCUT2D eigenvalue weighted by Crippen LogP contribution is -2.62. The van der Waals surface area contributed by atoms with E-state index in [0.717, 1.165) is 0 Å². The summed E-state index contributed by atoms with van der Waals surface area (Å²) in [5.41, 5.74) is 0. The summed E-state index contributed by atoms with van der Waals surface area (Å²) in [7, 11) is 1.29. The quantitative estimate of drug-likeness (QED) is 0.211. The molecule has 1 heterocycles. The van der Waals surface area contributed by atoms with Gasteiger partial charge < -0.3 is 33.2 Å². The fraction of sp³-hybridized carbons (Fsp3) is 0.591. The minimum absolute atomic E-state index is 0.197. The molecule has 0 aromatic rings. The zero-order chi connectivity index (χ0) is 22.4. The summed E-state index contributed by atoms with van der Waals surface area (Å²) < 4.78 is 40.2. The molecular formula is C22H34O8. The number of hydrogen-bond acceptors (Lipinski definition) is 8. The lowest BCUT2D eigenvalue weighted by atomic mass is 9.98. The number of methoxy groups -OCH3 is 1. The van der Waals surface area contributed by atoms with Gasteiger partial charge in [0.25, 0.3) is 0 Å². The highest BCUT2D eigenvalue weighted by molar-refractivity contribution is 5.73. The van der Waals surface area contributed by atoms with Gasteiger partial charge in [0, 0.05) is 0 Å². The van der Waals surface area contributed by atoms with E-state index in [1.165, 1.54) is 7.11 Å². The third-order valence-electron chi connectivity index (χ3n) is 4.20. The van der Waals surface area contributed by atoms with Crippen LogP contribution in [0.4, 0.5) is 0 Å². The van der Waals surface area contributed by atoms with Crippen molar-refractivity contribution in [2.24, 2.45) is 0 Å². The maximum Gasteiger partial charge on any atom is 0.334 e. The number of rotatable bonds is 16. The van der Waals surface area contributed by atoms with Gasteiger partial charge in [0.15, 0.2) is 12.4 Å². The summed E-state index contributed by atoms with van der Waals surface area (Å²) in [5, 5.41) is 0. The average molecular weight is 427 g/mol. The normalized spacial score (nSPS) is 27.1. The van der Waals surface area contributed by atoms with E-state index < -0.39 is 42.8 Å². The molecular weight excluding hydrogens is 392 g/mol. The molecule has 8 nitrogen and oxygen atoms in total. The molecule has 0 unspecified atom stereocenters. The third kappa shape index (κ3) is 8.14. The number of esters is 1. The van der Waals surface area contributed by atoms with E-state index >= 15 is 0 Å². The van der Waals surface area contributed by atoms with Crippen LogP contribution in [0.2, 0.25) is 0 Å². The van der Waals surface area contributed by atoms with Crippen LogP contribution in [0.3, 0.4) is 0 Å². The smallest absolute Gasteiger partial charge is 0.334 e. The first-order valence-electron chi connectivity index (χ1n) is 9.78. The Labute approximate surface area is 179 Å². The monoisotopic (exact) mass is 426 g/mol. The van der Waals surface area contributed by atoms with E-state index in [0.29, 0.717) is 6.61 Å². The molecule has 30 heavy (non-hydrogen) atoms. The molecule has 0 saturated carbocycles. The van der Waals surface area contributed by atoms with Crippen LogP contribution in [0.1, 0.15) is 6.92 Å². The van der Waals surface area contributed by atoms with Gasteiger partial charge >= 0.3 is 5.97 Å². The van der Waals surface area contributed by atoms with Crippen molar-refractivity contribution in [2.75, 3.05) is 40.1 Å². The van der Waals surface area contributed by atoms with Crippen LogP contribution in [0.15, 0.2) is 50.6 Å². The summed E-state index contributed by atoms with van der Waals surface area (Å²) in [6.07, 6.45) is 2.28. The van der Waals surface area contributed by atoms with Crippen molar-refractivity contribution >= 4 is 5.97 Å². The lowest BCUT2D eigenvalue weighted by molar-refractivity contribution is -0.325. The Morgan fingerprint density at radius 1 is 0.900 bits per heavy atom. The van der Waals surface area contributed by atoms with Crippen molar-refractivity contribution in [3.05, 3.63) is 50.6 Å². The van der Waals surface area contributed by atoms with Crippen molar-refractivity contribution in [3.63, 3.8) is 0 Å². The van der Waals surface area contributed by atoms with Crippen LogP contribution >= 0.6 is 0 Å². The summed E-state index contributed by atoms with van der Waals surface area (Å²) in [5.74, 6) is -0.533. The third-order valence-corrected chi connectivity index (χ3v) is 4.20. The fourth-order valence-corrected chi connectivity index (χ4v) is 2.92. The van der Waals surface area contributed by atoms with E-state index in [1.54, 1.807) is 31.2 Å². The summed E-state index contributed by atoms with van der Waals surface area (Å²) in [6.45, 7) is 17.6. The molecule has 0 aliphatic carbocycles. The predicted molar refractivity (Wildman–Crippen MR) is 112 cm³/mol. The zero-order valence-corrected chi connectivity index (χ0v) is 17.9. The van der Waals surface area contributed by atoms with Crippen molar-refractivity contribution in [2.45, 2.75) is 43.7 Å². The Balaban J connectivity index is 3.19. The second-order valence-electron chi connectivity index (χ2n) is 6.43. The summed E-state index contributed by atoms with van der Waals surface area (Å²) in [4.78, 5) is 11.9. The Morgan fingerprint density at radius 2 is 1.43 bits per heavy atom. The maximum atomic E-state index is 11.9. The topological polar surface area (TPSA) is 81.7 Å². The highest BCUT2D eigenvalue weighted by Crippen LogP contribution is 2.30. The molecule has 0 radical (unpaired) electrons. The van der Waals surface area contributed by atoms with Crippen LogP contribution in [0.5, 0.6) is 0 Å². The molecule has 0 amide bonds. The molecule has 1 aliphatic rings. The molecule has 6 atom stereocenters. The Morgan fingerprint density at radius 3 is 1.97 bits per heavy atom. The van der Waals surface area contributed by atoms with Gasteiger partial charge in [-0.25, -0.2) is 4.79 Å². The highest BCUT2D eigenvalue weighted by Gasteiger charge is 2.49. The molecule has 0 spiro atoms. The van der Waals surface area contributed by atoms with Gasteiger partial charge in [-0.2, -0.15) is 0 Å². The largest absolute Gasteiger partial charge is 0.467 e. The van der Waals surface area contributed by atoms with E-state index in [9.17, 15) is 4.79 Å². The average Bonchev–Trinajstić information content (AvgIpc) is 2.75. The predicted octanol–water partition coefficient (Wildman–Crippen LogP) is 2.21. The van der Waals surface area contributed by atoms with Gasteiger partial charge in [-0.3, -0.25) is 0 Å². The van der Waals surface area contributed by atoms with E-state index in [1.807, 2.05) is 0 Å². The van der Waals surface area contributed by atoms with Gasteiger partial charge in [0.1, 0.15) is 24.4 Å². The minimum Gasteiger partial charge on any atom is -0.467 e. The second kappa shape index (κ2) is 15.1. The first-order chi connectivity index (χ1) is 14.5. The van der Waals surface area contributed by atoms with Crippen molar-refractivity contribution < 1.29 is 38.0 Å². The number of carbonyl (C=O) groups excluding carboxylic acids is 1. The van der Waals surface area contributed by atoms with Crippen LogP contribution in [0, 0.1) is 0 Å². The molecule has 170 valence electrons. The van der Waals surface area contributed by atoms with E-state index in [2.05, 4.69) is 26.3 Å². The first-order valence-corrected chi connectivity index (χ1v) is 9.78. The summed E-state index contributed by atoms with van der Waals surface area (Å²) >= 11 is 0. The van der Waals surface area contributed by atoms with Gasteiger partial charge in [0.2, 0.25) is 0 Å². The minimum atomic E-state index is -0.935. The van der Waals surface area contributed by atoms with Crippen molar-refractivity contribution in [3.8, 4) is 0 Å². The second-order valence-corrected chi connectivity index (χ2v) is 6.43. The van der Waals surface area contributed by atoms with Crippen LogP contribution in [-0.4, -0.2) is 82.9 Å². The first kappa shape index (κ1) is 26.2. The molecule has 1 aliphatic heterocycles. The Hall–Kier alpha value is -1.81. The van der Waals surface area contributed by atoms with E-state index in [4.69, 9.17) is 33.2 Å². The molecule has 1 fully saturated rings. The van der Waals surface area contributed by atoms with E-state index in [-0.39, 0.29) is 26.4 Å². The van der Waals surface area contributed by atoms with Crippen molar-refractivity contribution in [1.29, 1.82) is 0 Å². The molecule has 0 aromatic heterocycles. The van der Waals surface area contributed by atoms with Crippen LogP contribution in [-0.2, 0) is 38.0 Å². The lowest BCUT2D eigenvalue weighted by Gasteiger charge is -2.45. The van der Waals surface area contributed by atoms with Gasteiger partial charge in [-0.1, -0.05) is 24.3 Å². The Kier molecular flexibility index (Phi) is 13.2. The molecule has 0 bridgehead atoms. The fourth-order valence-electron chi connectivity index (χ4n) is 2.92. The van der Waals surface area contributed by atoms with Crippen LogP contribution < -0.4 is 0 Å². The molecule has 8 heteroatoms. The van der Waals surface area contributed by atoms with Crippen LogP contribution in [0.25, 0.3) is 0 Å². The number of ether oxygens (including phenoxy) is 7. The number of hydrogen-bond donors (Lipinski definition) is 0. The zero-order valence-electron chi connectivity index (χ0n) is 17.9. The molecule has 1 rings (SSSR count). The number of carbonyl (C=O) groups is 1. The molecule has 0 N–H and O–H groups in total. The highest BCUT2D eigenvalue weighted by atomic mass is 16.7. The SMILES string of the molecule is C=CCOC[C@H]1O[C@@H](O[C@H](C)C(=O)OC)[C@@H](OCC=C)[C@@H](OCC=C)[C@@H]1OCC=C. The molecule has 0 aromatic carbocycles. The van der Waals surface area contributed by atoms with Crippen molar-refractivity contribution in [1.82, 2.24) is 0 Å². The van der Waals surface area contributed by atoms with Gasteiger partial charge in [-0.15, -0.1) is 26.3 Å². The molecule has 1 saturated heterocycles. The maximum absolute atomic E-state index is 11.9. The van der Waals surface area contributed by atoms with Gasteiger partial charge in [0.05, 0.1) is 40.1 Å². The standard InChI is InChI=1S/C22H34O8/c1-7-11-25-15-17-18(26-12-8-2)19(27-13-9-3)20(28-14-10-4)22(30-17)29-16(5)21(23)24-6/h7-10,16-20,22H,1-4,11-15H2,5-6H3/t16-,17-,18-,19+,20+,22-/m1/s1. The summed E-state index contributed by atoms with van der Waals surface area (Å²) in [6, 6.07) is 0. The van der Waals surface area contributed by atoms with Gasteiger partial charge in [-0.05, 0) is 6.92 Å². The Bertz CT molecular complexity index is 549.